The van der Waals surface area contributed by atoms with E-state index in [1.54, 1.807) is 6.08 Å². The summed E-state index contributed by atoms with van der Waals surface area (Å²) in [5.41, 5.74) is 15.0. The number of rotatable bonds is 10. The minimum atomic E-state index is -0.438. The summed E-state index contributed by atoms with van der Waals surface area (Å²) >= 11 is 0. The monoisotopic (exact) mass is 1020 g/mol. The fraction of sp³-hybridized carbons (Fsp3) is 0.132. The van der Waals surface area contributed by atoms with Crippen molar-refractivity contribution in [3.63, 3.8) is 0 Å². The molecule has 2 aliphatic carbocycles. The molecule has 0 amide bonds. The molecule has 79 heavy (non-hydrogen) atoms. The van der Waals surface area contributed by atoms with Crippen LogP contribution in [0.1, 0.15) is 84.9 Å². The topological polar surface area (TPSA) is 25.6 Å². The summed E-state index contributed by atoms with van der Waals surface area (Å²) in [6.07, 6.45) is 18.6. The smallest absolute Gasteiger partial charge is 0.139 e. The van der Waals surface area contributed by atoms with E-state index >= 15 is 0 Å². The molecule has 3 aliphatic rings. The second-order valence-electron chi connectivity index (χ2n) is 20.5. The molecule has 2 heterocycles. The molecule has 0 radical (unpaired) electrons. The maximum Gasteiger partial charge on any atom is 0.139 e. The molecule has 0 saturated carbocycles. The molecule has 1 aromatic heterocycles. The van der Waals surface area contributed by atoms with Crippen LogP contribution in [0.3, 0.4) is 0 Å². The van der Waals surface area contributed by atoms with E-state index < -0.39 is 10.8 Å². The number of fused-ring (bicyclic) bond motifs is 16. The second-order valence-corrected chi connectivity index (χ2v) is 20.5. The van der Waals surface area contributed by atoms with Gasteiger partial charge in [0.1, 0.15) is 22.7 Å². The van der Waals surface area contributed by atoms with Crippen LogP contribution >= 0.6 is 0 Å². The fourth-order valence-corrected chi connectivity index (χ4v) is 13.4. The van der Waals surface area contributed by atoms with Gasteiger partial charge in [0.05, 0.1) is 16.5 Å². The Morgan fingerprint density at radius 3 is 1.82 bits per heavy atom. The number of allylic oxidation sites excluding steroid dienone is 8. The van der Waals surface area contributed by atoms with E-state index in [2.05, 4.69) is 249 Å². The lowest BCUT2D eigenvalue weighted by molar-refractivity contribution is 0.381. The predicted molar refractivity (Wildman–Crippen MR) is 335 cm³/mol. The maximum atomic E-state index is 7.26. The molecule has 11 aromatic rings. The Morgan fingerprint density at radius 1 is 0.519 bits per heavy atom. The lowest BCUT2D eigenvalue weighted by atomic mass is 9.58. The molecule has 2 unspecified atom stereocenters. The van der Waals surface area contributed by atoms with Crippen molar-refractivity contribution >= 4 is 54.9 Å². The van der Waals surface area contributed by atoms with Crippen LogP contribution in [0.15, 0.2) is 279 Å². The van der Waals surface area contributed by atoms with Crippen LogP contribution in [0.2, 0.25) is 0 Å². The first-order chi connectivity index (χ1) is 39.1. The highest BCUT2D eigenvalue weighted by molar-refractivity contribution is 6.13. The number of anilines is 2. The zero-order valence-corrected chi connectivity index (χ0v) is 45.4. The fourth-order valence-electron chi connectivity index (χ4n) is 13.4. The number of furan rings is 1. The summed E-state index contributed by atoms with van der Waals surface area (Å²) in [7, 11) is 0. The van der Waals surface area contributed by atoms with Crippen molar-refractivity contribution < 1.29 is 9.15 Å². The number of hydrogen-bond acceptors (Lipinski definition) is 3. The molecule has 1 spiro atoms. The lowest BCUT2D eigenvalue weighted by Gasteiger charge is -2.47. The molecule has 0 N–H and O–H groups in total. The van der Waals surface area contributed by atoms with Crippen molar-refractivity contribution in [2.24, 2.45) is 0 Å². The molecule has 0 saturated heterocycles. The Labute approximate surface area is 465 Å². The first-order valence-corrected chi connectivity index (χ1v) is 28.1. The van der Waals surface area contributed by atoms with Gasteiger partial charge >= 0.3 is 0 Å². The van der Waals surface area contributed by atoms with Crippen molar-refractivity contribution in [3.8, 4) is 22.6 Å². The van der Waals surface area contributed by atoms with Crippen molar-refractivity contribution in [1.29, 1.82) is 0 Å². The molecule has 1 aliphatic heterocycles. The molecule has 386 valence electrons. The standard InChI is InChI=1S/C69H51NO2.C5H8.C2H6/c1-2-3-4-5-19-43-68(49-24-7-6-8-25-49)56-32-17-14-29-53(56)64-57(68)33-20-34-60(64)70(61-35-21-37-63-65(61)54-30-15-18-36-62(54)71-63)45-48-42-44-69(55-31-16-13-26-50(48)55)58-40-38-46-22-9-11-27-51(46)66(58)72-67-52-28-12-10-23-47(52)39-41-59(67)69;1-3-5-4-2;1-2/h2-41,48H,1,42-45H2;3-5H,1H2,2H3;1-2H3/b4-3-,19-5-;5-4-;. The van der Waals surface area contributed by atoms with Crippen LogP contribution in [-0.2, 0) is 10.8 Å². The van der Waals surface area contributed by atoms with Gasteiger partial charge in [-0.1, -0.05) is 264 Å². The van der Waals surface area contributed by atoms with Gasteiger partial charge in [0, 0.05) is 56.4 Å². The van der Waals surface area contributed by atoms with Crippen molar-refractivity contribution in [3.05, 3.63) is 313 Å². The van der Waals surface area contributed by atoms with Gasteiger partial charge in [-0.05, 0) is 94.6 Å². The average molecular weight is 1020 g/mol. The molecule has 3 heteroatoms. The third kappa shape index (κ3) is 8.35. The maximum absolute atomic E-state index is 7.26. The van der Waals surface area contributed by atoms with Crippen LogP contribution in [0.25, 0.3) is 54.6 Å². The third-order valence-electron chi connectivity index (χ3n) is 16.6. The van der Waals surface area contributed by atoms with Crippen molar-refractivity contribution in [2.75, 3.05) is 11.4 Å². The molecular weight excluding hydrogens is 959 g/mol. The van der Waals surface area contributed by atoms with E-state index in [9.17, 15) is 0 Å². The van der Waals surface area contributed by atoms with Gasteiger partial charge in [-0.15, -0.1) is 0 Å². The summed E-state index contributed by atoms with van der Waals surface area (Å²) in [6.45, 7) is 14.1. The van der Waals surface area contributed by atoms with Gasteiger partial charge < -0.3 is 14.1 Å². The lowest BCUT2D eigenvalue weighted by Crippen LogP contribution is -2.39. The van der Waals surface area contributed by atoms with Crippen LogP contribution in [0, 0.1) is 0 Å². The quantitative estimate of drug-likeness (QED) is 0.128. The van der Waals surface area contributed by atoms with E-state index in [1.807, 2.05) is 45.1 Å². The largest absolute Gasteiger partial charge is 0.456 e. The van der Waals surface area contributed by atoms with Gasteiger partial charge in [0.2, 0.25) is 0 Å². The summed E-state index contributed by atoms with van der Waals surface area (Å²) in [6, 6.07) is 78.5. The molecule has 10 aromatic carbocycles. The van der Waals surface area contributed by atoms with Crippen LogP contribution in [-0.4, -0.2) is 6.54 Å². The first-order valence-electron chi connectivity index (χ1n) is 28.1. The minimum Gasteiger partial charge on any atom is -0.456 e. The number of hydrogen-bond donors (Lipinski definition) is 0. The molecule has 0 bridgehead atoms. The second kappa shape index (κ2) is 21.7. The number of para-hydroxylation sites is 1. The highest BCUT2D eigenvalue weighted by Crippen LogP contribution is 2.62. The number of ether oxygens (including phenoxy) is 1. The molecule has 14 rings (SSSR count). The third-order valence-corrected chi connectivity index (χ3v) is 16.6. The van der Waals surface area contributed by atoms with Gasteiger partial charge in [-0.25, -0.2) is 0 Å². The van der Waals surface area contributed by atoms with Crippen LogP contribution in [0.4, 0.5) is 11.4 Å². The van der Waals surface area contributed by atoms with E-state index in [0.717, 1.165) is 75.7 Å². The summed E-state index contributed by atoms with van der Waals surface area (Å²) in [5.74, 6) is 2.11. The van der Waals surface area contributed by atoms with E-state index in [0.29, 0.717) is 0 Å². The average Bonchev–Trinajstić information content (AvgIpc) is 4.20. The first kappa shape index (κ1) is 50.6. The molecule has 3 nitrogen and oxygen atoms in total. The number of benzene rings is 10. The number of nitrogens with zero attached hydrogens (tertiary/aromatic N) is 1. The minimum absolute atomic E-state index is 0.168. The normalized spacial score (nSPS) is 16.4. The Bertz CT molecular complexity index is 4080. The van der Waals surface area contributed by atoms with Gasteiger partial charge in [0.25, 0.3) is 0 Å². The Morgan fingerprint density at radius 2 is 1.11 bits per heavy atom. The SMILES string of the molecule is C=C/C=C\C.C=C/C=C\C=C/CC1(c2ccccc2)c2ccccc2-c2c(N(CC3CCC4(c5ccccc53)c3ccc5ccccc5c3Oc3c4ccc4ccccc34)c3cccc4oc5ccccc5c34)cccc21.CC. The molecular formula is C76H65NO2. The van der Waals surface area contributed by atoms with Crippen molar-refractivity contribution in [1.82, 2.24) is 0 Å². The Hall–Kier alpha value is -9.18. The highest BCUT2D eigenvalue weighted by Gasteiger charge is 2.50. The van der Waals surface area contributed by atoms with Gasteiger partial charge in [-0.3, -0.25) is 0 Å². The Balaban J connectivity index is 0.000000845. The van der Waals surface area contributed by atoms with Gasteiger partial charge in [0.15, 0.2) is 0 Å². The van der Waals surface area contributed by atoms with E-state index in [4.69, 9.17) is 9.15 Å². The van der Waals surface area contributed by atoms with Crippen LogP contribution in [0.5, 0.6) is 11.5 Å². The zero-order valence-electron chi connectivity index (χ0n) is 45.4. The summed E-state index contributed by atoms with van der Waals surface area (Å²) in [4.78, 5) is 2.66. The van der Waals surface area contributed by atoms with E-state index in [1.165, 1.54) is 66.5 Å². The van der Waals surface area contributed by atoms with Crippen LogP contribution < -0.4 is 9.64 Å². The van der Waals surface area contributed by atoms with E-state index in [-0.39, 0.29) is 5.92 Å². The molecule has 2 atom stereocenters. The zero-order chi connectivity index (χ0) is 53.9. The predicted octanol–water partition coefficient (Wildman–Crippen LogP) is 20.8. The summed E-state index contributed by atoms with van der Waals surface area (Å²) in [5, 5.41) is 6.91. The Kier molecular flexibility index (Phi) is 13.9. The van der Waals surface area contributed by atoms with Crippen molar-refractivity contribution in [2.45, 2.75) is 56.8 Å². The summed E-state index contributed by atoms with van der Waals surface area (Å²) < 4.78 is 13.9. The van der Waals surface area contributed by atoms with Gasteiger partial charge in [-0.2, -0.15) is 0 Å². The highest BCUT2D eigenvalue weighted by atomic mass is 16.5. The molecule has 0 fully saturated rings.